The summed E-state index contributed by atoms with van der Waals surface area (Å²) >= 11 is 6.39. The molecule has 2 aromatic rings. The number of benzene rings is 2. The Labute approximate surface area is 241 Å². The first-order chi connectivity index (χ1) is 19.3. The van der Waals surface area contributed by atoms with Crippen LogP contribution in [0.25, 0.3) is 0 Å². The Morgan fingerprint density at radius 1 is 1.15 bits per heavy atom. The minimum Gasteiger partial charge on any atom is -0.490 e. The molecule has 2 N–H and O–H groups in total. The molecular formula is C30H38ClN3O5S. The number of hydrogen-bond donors (Lipinski definition) is 2. The van der Waals surface area contributed by atoms with Crippen molar-refractivity contribution in [2.75, 3.05) is 50.6 Å². The van der Waals surface area contributed by atoms with Crippen molar-refractivity contribution >= 4 is 33.2 Å². The molecule has 6 rings (SSSR count). The average Bonchev–Trinajstić information content (AvgIpc) is 3.06. The van der Waals surface area contributed by atoms with E-state index in [1.165, 1.54) is 11.1 Å². The molecule has 1 amide bonds. The summed E-state index contributed by atoms with van der Waals surface area (Å²) in [4.78, 5) is 15.5. The maximum atomic E-state index is 13.1. The zero-order valence-electron chi connectivity index (χ0n) is 23.0. The number of carbonyl (C=O) groups is 1. The van der Waals surface area contributed by atoms with Crippen molar-refractivity contribution < 1.29 is 22.7 Å². The van der Waals surface area contributed by atoms with Crippen molar-refractivity contribution in [3.63, 3.8) is 0 Å². The van der Waals surface area contributed by atoms with Crippen LogP contribution in [0.2, 0.25) is 5.02 Å². The second-order valence-corrected chi connectivity index (χ2v) is 14.1. The van der Waals surface area contributed by atoms with E-state index in [4.69, 9.17) is 21.1 Å². The van der Waals surface area contributed by atoms with E-state index < -0.39 is 15.9 Å². The maximum Gasteiger partial charge on any atom is 0.264 e. The van der Waals surface area contributed by atoms with Crippen LogP contribution in [0.1, 0.15) is 53.6 Å². The number of ether oxygens (including phenoxy) is 2. The third kappa shape index (κ3) is 5.45. The maximum absolute atomic E-state index is 13.1. The number of carbonyl (C=O) groups excluding carboxylic acids is 1. The van der Waals surface area contributed by atoms with Gasteiger partial charge in [-0.1, -0.05) is 17.7 Å². The molecule has 0 radical (unpaired) electrons. The van der Waals surface area contributed by atoms with Crippen molar-refractivity contribution in [2.45, 2.75) is 50.0 Å². The predicted molar refractivity (Wildman–Crippen MR) is 156 cm³/mol. The molecule has 2 aliphatic carbocycles. The standard InChI is InChI=1S/C30H38ClN3O5S/c1-32-26-17-38-12-3-13-40(36,37)33-29(35)21-6-10-28-27(15-21)34(16-22-5-8-24(22)26)18-30(19-39-28)11-2-4-20-14-23(31)7-9-25(20)30/h6-7,9-10,14-15,22,24,26,32H,2-5,8,11-13,16-19H2,1H3,(H,33,35)/t22-,24+,26-,30-/m0/s1. The second kappa shape index (κ2) is 11.2. The number of amides is 1. The van der Waals surface area contributed by atoms with Crippen molar-refractivity contribution in [3.05, 3.63) is 58.1 Å². The van der Waals surface area contributed by atoms with Gasteiger partial charge in [-0.05, 0) is 98.9 Å². The lowest BCUT2D eigenvalue weighted by Gasteiger charge is -2.46. The van der Waals surface area contributed by atoms with Gasteiger partial charge in [0.25, 0.3) is 5.91 Å². The zero-order chi connectivity index (χ0) is 27.9. The number of aryl methyl sites for hydroxylation is 1. The van der Waals surface area contributed by atoms with Crippen LogP contribution >= 0.6 is 11.6 Å². The molecule has 8 nitrogen and oxygen atoms in total. The molecule has 10 heteroatoms. The van der Waals surface area contributed by atoms with E-state index in [2.05, 4.69) is 27.1 Å². The lowest BCUT2D eigenvalue weighted by molar-refractivity contribution is 0.0491. The Morgan fingerprint density at radius 2 is 2.02 bits per heavy atom. The fraction of sp³-hybridized carbons (Fsp3) is 0.567. The van der Waals surface area contributed by atoms with E-state index in [1.807, 2.05) is 25.2 Å². The second-order valence-electron chi connectivity index (χ2n) is 11.9. The Balaban J connectivity index is 1.41. The molecule has 2 aromatic carbocycles. The Bertz CT molecular complexity index is 1390. The van der Waals surface area contributed by atoms with Crippen molar-refractivity contribution in [3.8, 4) is 5.75 Å². The number of sulfonamides is 1. The number of halogens is 1. The van der Waals surface area contributed by atoms with E-state index in [1.54, 1.807) is 6.07 Å². The average molecular weight is 588 g/mol. The minimum absolute atomic E-state index is 0.166. The Kier molecular flexibility index (Phi) is 7.76. The zero-order valence-corrected chi connectivity index (χ0v) is 24.5. The summed E-state index contributed by atoms with van der Waals surface area (Å²) in [5, 5.41) is 4.21. The molecule has 0 aromatic heterocycles. The van der Waals surface area contributed by atoms with Crippen LogP contribution in [0.5, 0.6) is 5.75 Å². The molecule has 4 atom stereocenters. The molecule has 1 fully saturated rings. The largest absolute Gasteiger partial charge is 0.490 e. The molecule has 2 aliphatic heterocycles. The first-order valence-electron chi connectivity index (χ1n) is 14.4. The van der Waals surface area contributed by atoms with Crippen LogP contribution < -0.4 is 19.7 Å². The summed E-state index contributed by atoms with van der Waals surface area (Å²) in [7, 11) is -1.81. The van der Waals surface area contributed by atoms with Gasteiger partial charge in [-0.2, -0.15) is 0 Å². The number of anilines is 1. The number of fused-ring (bicyclic) bond motifs is 4. The van der Waals surface area contributed by atoms with E-state index in [9.17, 15) is 13.2 Å². The van der Waals surface area contributed by atoms with Crippen LogP contribution in [0.3, 0.4) is 0 Å². The minimum atomic E-state index is -3.79. The highest BCUT2D eigenvalue weighted by Crippen LogP contribution is 2.46. The molecule has 216 valence electrons. The highest BCUT2D eigenvalue weighted by molar-refractivity contribution is 7.90. The first-order valence-corrected chi connectivity index (χ1v) is 16.4. The summed E-state index contributed by atoms with van der Waals surface area (Å²) in [6.07, 6.45) is 5.63. The third-order valence-electron chi connectivity index (χ3n) is 9.37. The summed E-state index contributed by atoms with van der Waals surface area (Å²) in [6, 6.07) is 11.7. The number of nitrogens with zero attached hydrogens (tertiary/aromatic N) is 1. The summed E-state index contributed by atoms with van der Waals surface area (Å²) in [6.45, 7) is 2.98. The fourth-order valence-corrected chi connectivity index (χ4v) is 8.32. The van der Waals surface area contributed by atoms with E-state index >= 15 is 0 Å². The van der Waals surface area contributed by atoms with E-state index in [-0.39, 0.29) is 17.2 Å². The van der Waals surface area contributed by atoms with Gasteiger partial charge < -0.3 is 19.7 Å². The smallest absolute Gasteiger partial charge is 0.264 e. The van der Waals surface area contributed by atoms with Gasteiger partial charge in [-0.3, -0.25) is 4.79 Å². The van der Waals surface area contributed by atoms with Gasteiger partial charge in [0.1, 0.15) is 5.75 Å². The lowest BCUT2D eigenvalue weighted by Crippen LogP contribution is -2.52. The van der Waals surface area contributed by atoms with Gasteiger partial charge in [0.15, 0.2) is 0 Å². The summed E-state index contributed by atoms with van der Waals surface area (Å²) in [5.41, 5.74) is 3.51. The Morgan fingerprint density at radius 3 is 2.83 bits per heavy atom. The predicted octanol–water partition coefficient (Wildman–Crippen LogP) is 3.91. The first kappa shape index (κ1) is 27.8. The molecule has 2 heterocycles. The van der Waals surface area contributed by atoms with Crippen molar-refractivity contribution in [1.29, 1.82) is 0 Å². The number of likely N-dealkylation sites (N-methyl/N-ethyl adjacent to an activating group) is 1. The molecule has 4 aliphatic rings. The van der Waals surface area contributed by atoms with Crippen LogP contribution in [-0.4, -0.2) is 66.1 Å². The molecule has 2 bridgehead atoms. The van der Waals surface area contributed by atoms with Crippen LogP contribution in [-0.2, 0) is 26.6 Å². The Hall–Kier alpha value is -2.33. The number of nitrogens with one attached hydrogen (secondary N) is 2. The molecular weight excluding hydrogens is 550 g/mol. The monoisotopic (exact) mass is 587 g/mol. The van der Waals surface area contributed by atoms with Gasteiger partial charge >= 0.3 is 0 Å². The van der Waals surface area contributed by atoms with E-state index in [0.717, 1.165) is 61.7 Å². The lowest BCUT2D eigenvalue weighted by atomic mass is 9.68. The van der Waals surface area contributed by atoms with E-state index in [0.29, 0.717) is 43.6 Å². The van der Waals surface area contributed by atoms with Gasteiger partial charge in [0.05, 0.1) is 24.7 Å². The van der Waals surface area contributed by atoms with Crippen molar-refractivity contribution in [2.24, 2.45) is 11.8 Å². The van der Waals surface area contributed by atoms with Gasteiger partial charge in [0.2, 0.25) is 10.0 Å². The van der Waals surface area contributed by atoms with Crippen LogP contribution in [0.15, 0.2) is 36.4 Å². The molecule has 1 spiro atoms. The number of rotatable bonds is 1. The quantitative estimate of drug-likeness (QED) is 0.522. The molecule has 1 saturated carbocycles. The van der Waals surface area contributed by atoms with Gasteiger partial charge in [-0.15, -0.1) is 0 Å². The molecule has 40 heavy (non-hydrogen) atoms. The normalized spacial score (nSPS) is 30.2. The molecule has 0 saturated heterocycles. The number of hydrogen-bond acceptors (Lipinski definition) is 7. The summed E-state index contributed by atoms with van der Waals surface area (Å²) < 4.78 is 40.0. The van der Waals surface area contributed by atoms with Gasteiger partial charge in [-0.25, -0.2) is 13.1 Å². The molecule has 0 unspecified atom stereocenters. The fourth-order valence-electron chi connectivity index (χ4n) is 7.12. The highest BCUT2D eigenvalue weighted by Gasteiger charge is 2.44. The topological polar surface area (TPSA) is 97.0 Å². The SMILES string of the molecule is CN[C@H]1COCCCS(=O)(=O)NC(=O)c2ccc3c(c2)N(C[C@@H]2CC[C@H]21)C[C@@]1(CCCc2cc(Cl)ccc21)CO3. The van der Waals surface area contributed by atoms with Gasteiger partial charge in [0, 0.05) is 41.7 Å². The highest BCUT2D eigenvalue weighted by atomic mass is 35.5. The van der Waals surface area contributed by atoms with Crippen molar-refractivity contribution in [1.82, 2.24) is 10.0 Å². The van der Waals surface area contributed by atoms with Crippen LogP contribution in [0.4, 0.5) is 5.69 Å². The van der Waals surface area contributed by atoms with Crippen LogP contribution in [0, 0.1) is 11.8 Å². The summed E-state index contributed by atoms with van der Waals surface area (Å²) in [5.74, 6) is 0.852. The third-order valence-corrected chi connectivity index (χ3v) is 10.9.